The molecule has 1 N–H and O–H groups in total. The molecule has 0 bridgehead atoms. The van der Waals surface area contributed by atoms with Gasteiger partial charge in [0.2, 0.25) is 5.82 Å². The van der Waals surface area contributed by atoms with Crippen molar-refractivity contribution in [2.45, 2.75) is 32.9 Å². The zero-order valence-corrected chi connectivity index (χ0v) is 19.5. The van der Waals surface area contributed by atoms with Crippen molar-refractivity contribution in [2.75, 3.05) is 0 Å². The summed E-state index contributed by atoms with van der Waals surface area (Å²) >= 11 is 6.15. The topological polar surface area (TPSA) is 84.4 Å². The second kappa shape index (κ2) is 9.19. The Hall–Kier alpha value is -3.84. The number of nitrogens with one attached hydrogen (secondary N) is 1. The van der Waals surface area contributed by atoms with E-state index in [1.54, 1.807) is 29.4 Å². The number of urea groups is 1. The summed E-state index contributed by atoms with van der Waals surface area (Å²) in [5, 5.41) is 7.88. The van der Waals surface area contributed by atoms with Gasteiger partial charge in [0.1, 0.15) is 5.76 Å². The molecule has 2 amide bonds. The highest BCUT2D eigenvalue weighted by molar-refractivity contribution is 6.30. The van der Waals surface area contributed by atoms with Crippen LogP contribution in [0.3, 0.4) is 0 Å². The maximum atomic E-state index is 13.1. The number of amides is 2. The highest BCUT2D eigenvalue weighted by atomic mass is 35.5. The number of carbonyl (C=O) groups is 1. The molecule has 0 saturated heterocycles. The first kappa shape index (κ1) is 22.0. The number of halogens is 1. The fourth-order valence-electron chi connectivity index (χ4n) is 4.08. The number of aryl methyl sites for hydroxylation is 1. The van der Waals surface area contributed by atoms with Crippen molar-refractivity contribution in [3.05, 3.63) is 100 Å². The van der Waals surface area contributed by atoms with Gasteiger partial charge in [0.05, 0.1) is 24.4 Å². The third kappa shape index (κ3) is 4.22. The Morgan fingerprint density at radius 3 is 2.65 bits per heavy atom. The number of nitrogens with zero attached hydrogens (tertiary/aromatic N) is 3. The van der Waals surface area contributed by atoms with Crippen molar-refractivity contribution in [3.63, 3.8) is 0 Å². The second-order valence-corrected chi connectivity index (χ2v) is 8.51. The third-order valence-electron chi connectivity index (χ3n) is 5.95. The lowest BCUT2D eigenvalue weighted by molar-refractivity contribution is 0.199. The van der Waals surface area contributed by atoms with E-state index in [0.29, 0.717) is 28.2 Å². The molecule has 172 valence electrons. The molecule has 0 aliphatic carbocycles. The van der Waals surface area contributed by atoms with Crippen LogP contribution in [0.1, 0.15) is 42.7 Å². The normalized spacial score (nSPS) is 16.1. The van der Waals surface area contributed by atoms with Crippen LogP contribution in [0.25, 0.3) is 17.0 Å². The number of hydrogen-bond acceptors (Lipinski definition) is 5. The van der Waals surface area contributed by atoms with Crippen molar-refractivity contribution >= 4 is 23.2 Å². The number of carbonyl (C=O) groups excluding carboxylic acids is 1. The van der Waals surface area contributed by atoms with Crippen LogP contribution in [-0.2, 0) is 13.0 Å². The van der Waals surface area contributed by atoms with Crippen LogP contribution in [0.15, 0.2) is 81.6 Å². The number of benzene rings is 2. The molecule has 8 heteroatoms. The molecular formula is C26H23ClN4O3. The number of rotatable bonds is 6. The van der Waals surface area contributed by atoms with Crippen LogP contribution in [0.2, 0.25) is 5.02 Å². The Labute approximate surface area is 202 Å². The van der Waals surface area contributed by atoms with Crippen LogP contribution < -0.4 is 5.32 Å². The van der Waals surface area contributed by atoms with Gasteiger partial charge in [0, 0.05) is 16.3 Å². The van der Waals surface area contributed by atoms with E-state index in [-0.39, 0.29) is 12.6 Å². The van der Waals surface area contributed by atoms with E-state index in [1.807, 2.05) is 37.3 Å². The summed E-state index contributed by atoms with van der Waals surface area (Å²) in [6, 6.07) is 18.4. The lowest BCUT2D eigenvalue weighted by Crippen LogP contribution is -2.45. The van der Waals surface area contributed by atoms with Gasteiger partial charge in [-0.25, -0.2) is 4.79 Å². The molecule has 1 unspecified atom stereocenters. The first-order chi connectivity index (χ1) is 16.5. The minimum absolute atomic E-state index is 0.225. The Morgan fingerprint density at radius 2 is 1.94 bits per heavy atom. The van der Waals surface area contributed by atoms with Crippen LogP contribution in [0.5, 0.6) is 0 Å². The molecule has 2 aromatic heterocycles. The van der Waals surface area contributed by atoms with Gasteiger partial charge in [-0.2, -0.15) is 4.98 Å². The zero-order valence-electron chi connectivity index (χ0n) is 18.8. The lowest BCUT2D eigenvalue weighted by Gasteiger charge is -2.34. The highest BCUT2D eigenvalue weighted by Gasteiger charge is 2.36. The van der Waals surface area contributed by atoms with E-state index in [9.17, 15) is 4.79 Å². The van der Waals surface area contributed by atoms with E-state index >= 15 is 0 Å². The predicted molar refractivity (Wildman–Crippen MR) is 129 cm³/mol. The van der Waals surface area contributed by atoms with E-state index < -0.39 is 6.04 Å². The maximum absolute atomic E-state index is 13.1. The van der Waals surface area contributed by atoms with Gasteiger partial charge in [-0.1, -0.05) is 60.1 Å². The molecular weight excluding hydrogens is 452 g/mol. The Balaban J connectivity index is 1.59. The van der Waals surface area contributed by atoms with Crippen LogP contribution in [0.4, 0.5) is 4.79 Å². The average molecular weight is 475 g/mol. The van der Waals surface area contributed by atoms with Crippen molar-refractivity contribution in [1.82, 2.24) is 20.4 Å². The van der Waals surface area contributed by atoms with E-state index in [2.05, 4.69) is 34.5 Å². The lowest BCUT2D eigenvalue weighted by atomic mass is 9.93. The summed E-state index contributed by atoms with van der Waals surface area (Å²) in [6.45, 7) is 4.27. The van der Waals surface area contributed by atoms with Gasteiger partial charge in [-0.15, -0.1) is 0 Å². The quantitative estimate of drug-likeness (QED) is 0.357. The molecule has 0 saturated carbocycles. The van der Waals surface area contributed by atoms with Gasteiger partial charge in [-0.05, 0) is 48.7 Å². The summed E-state index contributed by atoms with van der Waals surface area (Å²) in [7, 11) is 0. The Bertz CT molecular complexity index is 1340. The molecule has 1 atom stereocenters. The minimum Gasteiger partial charge on any atom is -0.467 e. The number of furan rings is 1. The number of allylic oxidation sites excluding steroid dienone is 1. The maximum Gasteiger partial charge on any atom is 0.322 e. The molecule has 1 aliphatic heterocycles. The third-order valence-corrected chi connectivity index (χ3v) is 6.19. The molecule has 0 spiro atoms. The van der Waals surface area contributed by atoms with Crippen molar-refractivity contribution in [1.29, 1.82) is 0 Å². The molecule has 1 aliphatic rings. The number of aromatic nitrogens is 2. The monoisotopic (exact) mass is 474 g/mol. The van der Waals surface area contributed by atoms with Gasteiger partial charge >= 0.3 is 6.03 Å². The first-order valence-corrected chi connectivity index (χ1v) is 11.4. The summed E-state index contributed by atoms with van der Waals surface area (Å²) in [4.78, 5) is 19.4. The predicted octanol–water partition coefficient (Wildman–Crippen LogP) is 6.24. The summed E-state index contributed by atoms with van der Waals surface area (Å²) in [6.07, 6.45) is 2.52. The van der Waals surface area contributed by atoms with Crippen LogP contribution in [0, 0.1) is 0 Å². The highest BCUT2D eigenvalue weighted by Crippen LogP contribution is 2.38. The van der Waals surface area contributed by atoms with Crippen molar-refractivity contribution < 1.29 is 13.7 Å². The Kier molecular flexibility index (Phi) is 5.94. The summed E-state index contributed by atoms with van der Waals surface area (Å²) < 4.78 is 11.2. The molecule has 7 nitrogen and oxygen atoms in total. The molecule has 0 fully saturated rings. The molecule has 4 aromatic rings. The van der Waals surface area contributed by atoms with Crippen LogP contribution >= 0.6 is 11.6 Å². The fourth-order valence-corrected chi connectivity index (χ4v) is 4.27. The van der Waals surface area contributed by atoms with Gasteiger partial charge in [-0.3, -0.25) is 4.90 Å². The number of hydrogen-bond donors (Lipinski definition) is 1. The smallest absolute Gasteiger partial charge is 0.322 e. The molecule has 34 heavy (non-hydrogen) atoms. The second-order valence-electron chi connectivity index (χ2n) is 8.08. The molecule has 0 radical (unpaired) electrons. The van der Waals surface area contributed by atoms with E-state index in [1.165, 1.54) is 5.56 Å². The zero-order chi connectivity index (χ0) is 23.7. The Morgan fingerprint density at radius 1 is 1.12 bits per heavy atom. The van der Waals surface area contributed by atoms with E-state index in [4.69, 9.17) is 20.5 Å². The first-order valence-electron chi connectivity index (χ1n) is 11.0. The van der Waals surface area contributed by atoms with Crippen molar-refractivity contribution in [2.24, 2.45) is 0 Å². The van der Waals surface area contributed by atoms with Gasteiger partial charge < -0.3 is 14.3 Å². The summed E-state index contributed by atoms with van der Waals surface area (Å²) in [5.41, 5.74) is 4.34. The minimum atomic E-state index is -0.445. The average Bonchev–Trinajstić information content (AvgIpc) is 3.54. The summed E-state index contributed by atoms with van der Waals surface area (Å²) in [5.74, 6) is 1.43. The fraction of sp³-hybridized carbons (Fsp3) is 0.192. The standard InChI is InChI=1S/C26H23ClN4O3/c1-3-17-9-11-18(12-10-17)23-22(16(2)31(26(32)28-23)15-21-8-5-13-33-21)25-29-24(30-34-25)19-6-4-7-20(27)14-19/h4-14,23H,3,15H2,1-2H3,(H,28,32). The SMILES string of the molecule is CCc1ccc(C2NC(=O)N(Cc3ccco3)C(C)=C2c2nc(-c3cccc(Cl)c3)no2)cc1. The molecule has 2 aromatic carbocycles. The molecule has 5 rings (SSSR count). The van der Waals surface area contributed by atoms with E-state index in [0.717, 1.165) is 23.1 Å². The van der Waals surface area contributed by atoms with Gasteiger partial charge in [0.15, 0.2) is 0 Å². The van der Waals surface area contributed by atoms with Crippen molar-refractivity contribution in [3.8, 4) is 11.4 Å². The van der Waals surface area contributed by atoms with Gasteiger partial charge in [0.25, 0.3) is 5.89 Å². The van der Waals surface area contributed by atoms with Crippen LogP contribution in [-0.4, -0.2) is 21.1 Å². The molecule has 3 heterocycles. The largest absolute Gasteiger partial charge is 0.467 e.